The van der Waals surface area contributed by atoms with Crippen LogP contribution in [0.2, 0.25) is 0 Å². The molecule has 0 aromatic heterocycles. The van der Waals surface area contributed by atoms with Gasteiger partial charge in [-0.3, -0.25) is 4.79 Å². The number of benzene rings is 2. The molecule has 1 amide bonds. The number of carbonyl (C=O) groups excluding carboxylic acids is 1. The van der Waals surface area contributed by atoms with Gasteiger partial charge in [-0.1, -0.05) is 30.3 Å². The van der Waals surface area contributed by atoms with Crippen LogP contribution in [0.25, 0.3) is 0 Å². The molecule has 0 saturated heterocycles. The Hall–Kier alpha value is -2.53. The molecule has 2 aromatic rings. The maximum Gasteiger partial charge on any atom is 0.233 e. The zero-order valence-electron chi connectivity index (χ0n) is 16.1. The van der Waals surface area contributed by atoms with Gasteiger partial charge in [0.25, 0.3) is 0 Å². The third-order valence-electron chi connectivity index (χ3n) is 5.68. The maximum absolute atomic E-state index is 11.4. The van der Waals surface area contributed by atoms with Crippen LogP contribution in [0.4, 0.5) is 0 Å². The summed E-state index contributed by atoms with van der Waals surface area (Å²) in [7, 11) is 0. The number of hydrogen-bond donors (Lipinski definition) is 2. The molecule has 2 aliphatic rings. The number of ether oxygens (including phenoxy) is 2. The summed E-state index contributed by atoms with van der Waals surface area (Å²) < 4.78 is 12.4. The number of carbonyl (C=O) groups is 1. The molecule has 5 nitrogen and oxygen atoms in total. The SMILES string of the molecule is NCC(=O)NC1CCC(Oc2ccc3c(c2)CC[C@H](c2ccccc2)O3)CC1. The lowest BCUT2D eigenvalue weighted by Gasteiger charge is -2.30. The van der Waals surface area contributed by atoms with Gasteiger partial charge in [0.1, 0.15) is 17.6 Å². The molecule has 3 N–H and O–H groups in total. The number of nitrogens with one attached hydrogen (secondary N) is 1. The molecule has 1 heterocycles. The number of aryl methyl sites for hydroxylation is 1. The Bertz CT molecular complexity index is 801. The van der Waals surface area contributed by atoms with Crippen LogP contribution < -0.4 is 20.5 Å². The number of fused-ring (bicyclic) bond motifs is 1. The highest BCUT2D eigenvalue weighted by atomic mass is 16.5. The fourth-order valence-corrected chi connectivity index (χ4v) is 4.14. The Morgan fingerprint density at radius 1 is 1.07 bits per heavy atom. The summed E-state index contributed by atoms with van der Waals surface area (Å²) in [5, 5.41) is 2.98. The van der Waals surface area contributed by atoms with E-state index in [2.05, 4.69) is 35.6 Å². The predicted octanol–water partition coefficient (Wildman–Crippen LogP) is 3.52. The zero-order valence-corrected chi connectivity index (χ0v) is 16.1. The molecule has 1 atom stereocenters. The van der Waals surface area contributed by atoms with Gasteiger partial charge in [0.2, 0.25) is 5.91 Å². The van der Waals surface area contributed by atoms with Crippen molar-refractivity contribution < 1.29 is 14.3 Å². The number of rotatable bonds is 5. The van der Waals surface area contributed by atoms with Gasteiger partial charge in [-0.25, -0.2) is 0 Å². The average Bonchev–Trinajstić information content (AvgIpc) is 2.75. The van der Waals surface area contributed by atoms with Gasteiger partial charge in [0, 0.05) is 6.04 Å². The summed E-state index contributed by atoms with van der Waals surface area (Å²) >= 11 is 0. The third-order valence-corrected chi connectivity index (χ3v) is 5.68. The first-order chi connectivity index (χ1) is 13.7. The fourth-order valence-electron chi connectivity index (χ4n) is 4.14. The summed E-state index contributed by atoms with van der Waals surface area (Å²) in [6.07, 6.45) is 6.05. The standard InChI is InChI=1S/C23H28N2O3/c24-15-23(26)25-18-7-9-19(10-8-18)27-20-11-13-22-17(14-20)6-12-21(28-22)16-4-2-1-3-5-16/h1-5,11,13-14,18-19,21H,6-10,12,15,24H2,(H,25,26)/t18?,19?,21-/m1/s1. The zero-order chi connectivity index (χ0) is 19.3. The molecule has 5 heteroatoms. The van der Waals surface area contributed by atoms with Gasteiger partial charge >= 0.3 is 0 Å². The first-order valence-corrected chi connectivity index (χ1v) is 10.2. The highest BCUT2D eigenvalue weighted by molar-refractivity contribution is 5.78. The molecule has 0 spiro atoms. The molecule has 28 heavy (non-hydrogen) atoms. The summed E-state index contributed by atoms with van der Waals surface area (Å²) in [6.45, 7) is 0.0543. The van der Waals surface area contributed by atoms with Crippen LogP contribution in [0, 0.1) is 0 Å². The van der Waals surface area contributed by atoms with E-state index in [1.807, 2.05) is 18.2 Å². The molecule has 148 valence electrons. The normalized spacial score (nSPS) is 24.0. The van der Waals surface area contributed by atoms with Gasteiger partial charge in [0.05, 0.1) is 12.6 Å². The lowest BCUT2D eigenvalue weighted by molar-refractivity contribution is -0.120. The predicted molar refractivity (Wildman–Crippen MR) is 108 cm³/mol. The Morgan fingerprint density at radius 3 is 2.61 bits per heavy atom. The fraction of sp³-hybridized carbons (Fsp3) is 0.435. The highest BCUT2D eigenvalue weighted by Gasteiger charge is 2.25. The van der Waals surface area contributed by atoms with Crippen molar-refractivity contribution in [2.24, 2.45) is 5.73 Å². The van der Waals surface area contributed by atoms with Crippen molar-refractivity contribution in [1.82, 2.24) is 5.32 Å². The van der Waals surface area contributed by atoms with Crippen molar-refractivity contribution in [3.63, 3.8) is 0 Å². The van der Waals surface area contributed by atoms with E-state index in [4.69, 9.17) is 15.2 Å². The lowest BCUT2D eigenvalue weighted by Crippen LogP contribution is -2.42. The quantitative estimate of drug-likeness (QED) is 0.832. The number of nitrogens with two attached hydrogens (primary N) is 1. The van der Waals surface area contributed by atoms with Crippen LogP contribution in [0.5, 0.6) is 11.5 Å². The molecule has 0 bridgehead atoms. The van der Waals surface area contributed by atoms with Gasteiger partial charge in [-0.2, -0.15) is 0 Å². The van der Waals surface area contributed by atoms with Crippen molar-refractivity contribution in [2.75, 3.05) is 6.54 Å². The summed E-state index contributed by atoms with van der Waals surface area (Å²) in [4.78, 5) is 11.4. The minimum atomic E-state index is -0.0761. The van der Waals surface area contributed by atoms with E-state index in [0.29, 0.717) is 0 Å². The first-order valence-electron chi connectivity index (χ1n) is 10.2. The maximum atomic E-state index is 11.4. The van der Waals surface area contributed by atoms with E-state index in [-0.39, 0.29) is 30.7 Å². The molecule has 1 aliphatic heterocycles. The number of hydrogen-bond acceptors (Lipinski definition) is 4. The first kappa shape index (κ1) is 18.8. The largest absolute Gasteiger partial charge is 0.490 e. The molecule has 0 radical (unpaired) electrons. The van der Waals surface area contributed by atoms with Gasteiger partial charge in [0.15, 0.2) is 0 Å². The molecule has 4 rings (SSSR count). The van der Waals surface area contributed by atoms with Crippen molar-refractivity contribution >= 4 is 5.91 Å². The van der Waals surface area contributed by atoms with Gasteiger partial charge in [-0.05, 0) is 67.9 Å². The highest BCUT2D eigenvalue weighted by Crippen LogP contribution is 2.37. The second-order valence-electron chi connectivity index (χ2n) is 7.69. The van der Waals surface area contributed by atoms with Crippen LogP contribution in [0.15, 0.2) is 48.5 Å². The van der Waals surface area contributed by atoms with Crippen LogP contribution in [-0.4, -0.2) is 24.6 Å². The van der Waals surface area contributed by atoms with Crippen LogP contribution in [-0.2, 0) is 11.2 Å². The molecule has 0 unspecified atom stereocenters. The van der Waals surface area contributed by atoms with E-state index in [1.165, 1.54) is 11.1 Å². The third kappa shape index (κ3) is 4.47. The monoisotopic (exact) mass is 380 g/mol. The molecule has 1 fully saturated rings. The molecule has 1 saturated carbocycles. The smallest absolute Gasteiger partial charge is 0.233 e. The molecule has 1 aliphatic carbocycles. The average molecular weight is 380 g/mol. The Morgan fingerprint density at radius 2 is 1.86 bits per heavy atom. The minimum Gasteiger partial charge on any atom is -0.490 e. The Kier molecular flexibility index (Phi) is 5.81. The molecule has 2 aromatic carbocycles. The van der Waals surface area contributed by atoms with E-state index >= 15 is 0 Å². The topological polar surface area (TPSA) is 73.6 Å². The van der Waals surface area contributed by atoms with Crippen LogP contribution in [0.1, 0.15) is 49.3 Å². The van der Waals surface area contributed by atoms with Crippen molar-refractivity contribution in [3.05, 3.63) is 59.7 Å². The molecular formula is C23H28N2O3. The van der Waals surface area contributed by atoms with Crippen molar-refractivity contribution in [1.29, 1.82) is 0 Å². The van der Waals surface area contributed by atoms with Crippen molar-refractivity contribution in [3.8, 4) is 11.5 Å². The summed E-state index contributed by atoms with van der Waals surface area (Å²) in [5.41, 5.74) is 7.81. The van der Waals surface area contributed by atoms with Gasteiger partial charge < -0.3 is 20.5 Å². The Balaban J connectivity index is 1.33. The summed E-state index contributed by atoms with van der Waals surface area (Å²) in [6, 6.07) is 16.8. The van der Waals surface area contributed by atoms with Gasteiger partial charge in [-0.15, -0.1) is 0 Å². The van der Waals surface area contributed by atoms with Crippen LogP contribution >= 0.6 is 0 Å². The second-order valence-corrected chi connectivity index (χ2v) is 7.69. The Labute approximate surface area is 166 Å². The van der Waals surface area contributed by atoms with E-state index in [9.17, 15) is 4.79 Å². The minimum absolute atomic E-state index is 0.0543. The van der Waals surface area contributed by atoms with Crippen LogP contribution in [0.3, 0.4) is 0 Å². The molecular weight excluding hydrogens is 352 g/mol. The lowest BCUT2D eigenvalue weighted by atomic mass is 9.92. The number of amides is 1. The summed E-state index contributed by atoms with van der Waals surface area (Å²) in [5.74, 6) is 1.79. The van der Waals surface area contributed by atoms with E-state index in [1.54, 1.807) is 0 Å². The van der Waals surface area contributed by atoms with E-state index in [0.717, 1.165) is 50.0 Å². The van der Waals surface area contributed by atoms with Crippen molar-refractivity contribution in [2.45, 2.75) is 56.8 Å². The second kappa shape index (κ2) is 8.65. The van der Waals surface area contributed by atoms with E-state index < -0.39 is 0 Å².